The van der Waals surface area contributed by atoms with Gasteiger partial charge >= 0.3 is 6.29 Å². The van der Waals surface area contributed by atoms with Crippen molar-refractivity contribution in [3.05, 3.63) is 23.8 Å². The topological polar surface area (TPSA) is 64.7 Å². The highest BCUT2D eigenvalue weighted by Gasteiger charge is 2.45. The summed E-state index contributed by atoms with van der Waals surface area (Å²) in [6, 6.07) is 3.78. The quantitative estimate of drug-likeness (QED) is 0.884. The SMILES string of the molecule is N[C@H](c1cccc2c1OC(F)(F)O2)[C@@H](O)C1CCC1. The first kappa shape index (κ1) is 12.6. The molecule has 1 fully saturated rings. The van der Waals surface area contributed by atoms with Crippen LogP contribution in [-0.4, -0.2) is 17.5 Å². The largest absolute Gasteiger partial charge is 0.586 e. The van der Waals surface area contributed by atoms with Gasteiger partial charge in [0.1, 0.15) is 0 Å². The fourth-order valence-corrected chi connectivity index (χ4v) is 2.51. The predicted octanol–water partition coefficient (Wildman–Crippen LogP) is 2.17. The molecule has 4 nitrogen and oxygen atoms in total. The molecule has 0 unspecified atom stereocenters. The molecule has 0 spiro atoms. The van der Waals surface area contributed by atoms with Crippen LogP contribution < -0.4 is 15.2 Å². The highest BCUT2D eigenvalue weighted by Crippen LogP contribution is 2.46. The van der Waals surface area contributed by atoms with E-state index in [0.717, 1.165) is 19.3 Å². The van der Waals surface area contributed by atoms with Crippen molar-refractivity contribution in [3.8, 4) is 11.5 Å². The molecule has 1 aliphatic carbocycles. The van der Waals surface area contributed by atoms with Crippen LogP contribution in [0.1, 0.15) is 30.9 Å². The fourth-order valence-electron chi connectivity index (χ4n) is 2.51. The van der Waals surface area contributed by atoms with Gasteiger partial charge in [0.15, 0.2) is 11.5 Å². The van der Waals surface area contributed by atoms with E-state index in [1.165, 1.54) is 6.07 Å². The Labute approximate surface area is 109 Å². The Bertz CT molecular complexity index is 491. The summed E-state index contributed by atoms with van der Waals surface area (Å²) < 4.78 is 35.0. The average molecular weight is 271 g/mol. The molecule has 19 heavy (non-hydrogen) atoms. The first-order chi connectivity index (χ1) is 8.98. The maximum Gasteiger partial charge on any atom is 0.586 e. The average Bonchev–Trinajstić information content (AvgIpc) is 2.59. The number of nitrogens with two attached hydrogens (primary N) is 1. The lowest BCUT2D eigenvalue weighted by molar-refractivity contribution is -0.287. The molecular weight excluding hydrogens is 256 g/mol. The molecule has 0 saturated heterocycles. The summed E-state index contributed by atoms with van der Waals surface area (Å²) in [5.41, 5.74) is 6.34. The molecule has 104 valence electrons. The summed E-state index contributed by atoms with van der Waals surface area (Å²) >= 11 is 0. The van der Waals surface area contributed by atoms with E-state index < -0.39 is 18.4 Å². The van der Waals surface area contributed by atoms with Crippen LogP contribution in [0.5, 0.6) is 11.5 Å². The van der Waals surface area contributed by atoms with Gasteiger partial charge in [0.05, 0.1) is 12.1 Å². The molecule has 0 aromatic heterocycles. The smallest absolute Gasteiger partial charge is 0.395 e. The van der Waals surface area contributed by atoms with Crippen molar-refractivity contribution in [3.63, 3.8) is 0 Å². The van der Waals surface area contributed by atoms with E-state index in [1.807, 2.05) is 0 Å². The molecule has 1 heterocycles. The van der Waals surface area contributed by atoms with E-state index in [4.69, 9.17) is 5.73 Å². The van der Waals surface area contributed by atoms with Gasteiger partial charge in [-0.05, 0) is 24.8 Å². The zero-order valence-corrected chi connectivity index (χ0v) is 10.2. The summed E-state index contributed by atoms with van der Waals surface area (Å²) in [6.07, 6.45) is -1.52. The summed E-state index contributed by atoms with van der Waals surface area (Å²) in [4.78, 5) is 0. The highest BCUT2D eigenvalue weighted by molar-refractivity contribution is 5.50. The van der Waals surface area contributed by atoms with Gasteiger partial charge in [-0.25, -0.2) is 0 Å². The van der Waals surface area contributed by atoms with Gasteiger partial charge in [0, 0.05) is 5.56 Å². The number of fused-ring (bicyclic) bond motifs is 1. The van der Waals surface area contributed by atoms with Crippen LogP contribution >= 0.6 is 0 Å². The standard InChI is InChI=1S/C13H15F2NO3/c14-13(15)18-9-6-2-5-8(12(9)19-13)10(16)11(17)7-3-1-4-7/h2,5-7,10-11,17H,1,3-4,16H2/t10-,11+/m1/s1. The zero-order chi connectivity index (χ0) is 13.6. The van der Waals surface area contributed by atoms with Crippen molar-refractivity contribution in [2.24, 2.45) is 11.7 Å². The number of para-hydroxylation sites is 1. The third-order valence-electron chi connectivity index (χ3n) is 3.82. The van der Waals surface area contributed by atoms with Crippen LogP contribution in [0.2, 0.25) is 0 Å². The monoisotopic (exact) mass is 271 g/mol. The second-order valence-electron chi connectivity index (χ2n) is 5.05. The summed E-state index contributed by atoms with van der Waals surface area (Å²) in [6.45, 7) is 0. The minimum Gasteiger partial charge on any atom is -0.395 e. The van der Waals surface area contributed by atoms with E-state index in [1.54, 1.807) is 12.1 Å². The maximum absolute atomic E-state index is 13.1. The molecule has 0 bridgehead atoms. The molecule has 2 aliphatic rings. The third-order valence-corrected chi connectivity index (χ3v) is 3.82. The molecule has 3 N–H and O–H groups in total. The molecule has 6 heteroatoms. The number of hydrogen-bond donors (Lipinski definition) is 2. The number of rotatable bonds is 3. The number of hydrogen-bond acceptors (Lipinski definition) is 4. The van der Waals surface area contributed by atoms with Crippen LogP contribution in [0.15, 0.2) is 18.2 Å². The maximum atomic E-state index is 13.1. The van der Waals surface area contributed by atoms with Crippen molar-refractivity contribution in [2.45, 2.75) is 37.7 Å². The van der Waals surface area contributed by atoms with Gasteiger partial charge in [-0.1, -0.05) is 18.6 Å². The molecule has 1 aliphatic heterocycles. The summed E-state index contributed by atoms with van der Waals surface area (Å²) in [7, 11) is 0. The van der Waals surface area contributed by atoms with Crippen LogP contribution in [-0.2, 0) is 0 Å². The molecule has 1 aromatic rings. The fraction of sp³-hybridized carbons (Fsp3) is 0.538. The van der Waals surface area contributed by atoms with E-state index in [9.17, 15) is 13.9 Å². The number of benzene rings is 1. The first-order valence-electron chi connectivity index (χ1n) is 6.30. The zero-order valence-electron chi connectivity index (χ0n) is 10.2. The minimum absolute atomic E-state index is 0.0428. The molecule has 0 radical (unpaired) electrons. The Kier molecular flexibility index (Phi) is 2.87. The normalized spacial score (nSPS) is 23.8. The van der Waals surface area contributed by atoms with Gasteiger partial charge in [-0.2, -0.15) is 0 Å². The first-order valence-corrected chi connectivity index (χ1v) is 6.30. The van der Waals surface area contributed by atoms with Gasteiger partial charge in [0.25, 0.3) is 0 Å². The summed E-state index contributed by atoms with van der Waals surface area (Å²) in [5, 5.41) is 10.1. The Morgan fingerprint density at radius 2 is 2.05 bits per heavy atom. The molecule has 2 atom stereocenters. The van der Waals surface area contributed by atoms with E-state index >= 15 is 0 Å². The second-order valence-corrected chi connectivity index (χ2v) is 5.05. The van der Waals surface area contributed by atoms with Crippen LogP contribution in [0, 0.1) is 5.92 Å². The van der Waals surface area contributed by atoms with Gasteiger partial charge in [0.2, 0.25) is 0 Å². The number of aliphatic hydroxyl groups excluding tert-OH is 1. The molecule has 0 amide bonds. The van der Waals surface area contributed by atoms with Crippen molar-refractivity contribution < 1.29 is 23.4 Å². The molecule has 1 aromatic carbocycles. The Morgan fingerprint density at radius 3 is 2.68 bits per heavy atom. The number of alkyl halides is 2. The van der Waals surface area contributed by atoms with Gasteiger partial charge in [-0.3, -0.25) is 0 Å². The number of halogens is 2. The third kappa shape index (κ3) is 2.15. The Balaban J connectivity index is 1.88. The van der Waals surface area contributed by atoms with E-state index in [0.29, 0.717) is 5.56 Å². The Hall–Kier alpha value is -1.40. The minimum atomic E-state index is -3.67. The lowest BCUT2D eigenvalue weighted by Gasteiger charge is -2.34. The van der Waals surface area contributed by atoms with Crippen molar-refractivity contribution >= 4 is 0 Å². The van der Waals surface area contributed by atoms with Crippen molar-refractivity contribution in [1.82, 2.24) is 0 Å². The second kappa shape index (κ2) is 4.31. The van der Waals surface area contributed by atoms with Gasteiger partial charge < -0.3 is 20.3 Å². The van der Waals surface area contributed by atoms with E-state index in [-0.39, 0.29) is 17.4 Å². The lowest BCUT2D eigenvalue weighted by Crippen LogP contribution is -2.36. The van der Waals surface area contributed by atoms with Crippen molar-refractivity contribution in [1.29, 1.82) is 0 Å². The highest BCUT2D eigenvalue weighted by atomic mass is 19.3. The molecule has 1 saturated carbocycles. The van der Waals surface area contributed by atoms with Crippen LogP contribution in [0.4, 0.5) is 8.78 Å². The summed E-state index contributed by atoms with van der Waals surface area (Å²) in [5.74, 6) is 0.0193. The van der Waals surface area contributed by atoms with E-state index in [2.05, 4.69) is 9.47 Å². The Morgan fingerprint density at radius 1 is 1.32 bits per heavy atom. The van der Waals surface area contributed by atoms with Crippen LogP contribution in [0.3, 0.4) is 0 Å². The number of aliphatic hydroxyl groups is 1. The van der Waals surface area contributed by atoms with Crippen LogP contribution in [0.25, 0.3) is 0 Å². The van der Waals surface area contributed by atoms with Gasteiger partial charge in [-0.15, -0.1) is 8.78 Å². The molecule has 3 rings (SSSR count). The lowest BCUT2D eigenvalue weighted by atomic mass is 9.77. The predicted molar refractivity (Wildman–Crippen MR) is 62.9 cm³/mol. The molecular formula is C13H15F2NO3. The van der Waals surface area contributed by atoms with Crippen molar-refractivity contribution in [2.75, 3.05) is 0 Å². The number of ether oxygens (including phenoxy) is 2.